The van der Waals surface area contributed by atoms with Crippen molar-refractivity contribution in [2.75, 3.05) is 31.1 Å². The first-order valence-electron chi connectivity index (χ1n) is 11.3. The van der Waals surface area contributed by atoms with Crippen molar-refractivity contribution in [2.45, 2.75) is 19.4 Å². The minimum atomic E-state index is -2.62. The van der Waals surface area contributed by atoms with Crippen molar-refractivity contribution in [1.82, 2.24) is 15.3 Å². The van der Waals surface area contributed by atoms with Gasteiger partial charge in [0.1, 0.15) is 23.5 Å². The topological polar surface area (TPSA) is 169 Å². The molecule has 0 saturated carbocycles. The number of halogens is 1. The molecule has 0 radical (unpaired) electrons. The summed E-state index contributed by atoms with van der Waals surface area (Å²) >= 11 is 6.31. The van der Waals surface area contributed by atoms with Gasteiger partial charge in [0, 0.05) is 17.4 Å². The fourth-order valence-electron chi connectivity index (χ4n) is 3.42. The van der Waals surface area contributed by atoms with E-state index in [1.807, 2.05) is 0 Å². The summed E-state index contributed by atoms with van der Waals surface area (Å²) in [6.45, 7) is 6.35. The number of nitro benzene ring substituents is 1. The molecule has 4 N–H and O–H groups in total. The Morgan fingerprint density at radius 3 is 2.51 bits per heavy atom. The third kappa shape index (κ3) is 7.60. The Morgan fingerprint density at radius 1 is 1.21 bits per heavy atom. The second-order valence-electron chi connectivity index (χ2n) is 9.14. The van der Waals surface area contributed by atoms with Crippen LogP contribution in [0.4, 0.5) is 33.6 Å². The van der Waals surface area contributed by atoms with Gasteiger partial charge in [-0.25, -0.2) is 9.78 Å². The van der Waals surface area contributed by atoms with Crippen molar-refractivity contribution in [2.24, 2.45) is 0 Å². The molecule has 0 bridgehead atoms. The standard InChI is InChI=1S/C25H26ClN6O6P/c1-25(2,31-24(33)34)11-10-15-12-20(38-3)18(13-19(15)32(35)36)29-23-27-14-16(26)22(30-23)28-17-8-6-7-9-21(17)39(4,5)37/h6-9,12-14,31H,1-5H3,(H,33,34)(H2,27,28,29,30). The summed E-state index contributed by atoms with van der Waals surface area (Å²) in [6, 6.07) is 9.64. The van der Waals surface area contributed by atoms with Crippen LogP contribution in [0.25, 0.3) is 0 Å². The molecule has 1 aromatic heterocycles. The van der Waals surface area contributed by atoms with Crippen LogP contribution < -0.4 is 26.0 Å². The smallest absolute Gasteiger partial charge is 0.405 e. The van der Waals surface area contributed by atoms with Crippen molar-refractivity contribution in [3.05, 3.63) is 63.3 Å². The summed E-state index contributed by atoms with van der Waals surface area (Å²) in [5, 5.41) is 29.8. The molecule has 1 amide bonds. The van der Waals surface area contributed by atoms with E-state index in [2.05, 4.69) is 37.8 Å². The quantitative estimate of drug-likeness (QED) is 0.122. The van der Waals surface area contributed by atoms with Gasteiger partial charge in [-0.1, -0.05) is 35.6 Å². The molecule has 39 heavy (non-hydrogen) atoms. The summed E-state index contributed by atoms with van der Waals surface area (Å²) in [4.78, 5) is 30.7. The predicted molar refractivity (Wildman–Crippen MR) is 151 cm³/mol. The summed E-state index contributed by atoms with van der Waals surface area (Å²) in [5.41, 5.74) is -0.749. The number of aromatic nitrogens is 2. The van der Waals surface area contributed by atoms with Gasteiger partial charge in [0.05, 0.1) is 35.1 Å². The van der Waals surface area contributed by atoms with Crippen molar-refractivity contribution in [3.63, 3.8) is 0 Å². The maximum Gasteiger partial charge on any atom is 0.405 e. The number of carboxylic acid groups (broad SMARTS) is 1. The molecule has 1 heterocycles. The van der Waals surface area contributed by atoms with Crippen molar-refractivity contribution < 1.29 is 24.1 Å². The van der Waals surface area contributed by atoms with E-state index in [9.17, 15) is 19.5 Å². The average molecular weight is 573 g/mol. The SMILES string of the molecule is COc1cc(C#CC(C)(C)NC(=O)O)c([N+](=O)[O-])cc1Nc1ncc(Cl)c(Nc2ccccc2P(C)(C)=O)n1. The highest BCUT2D eigenvalue weighted by Crippen LogP contribution is 2.39. The molecule has 0 aliphatic heterocycles. The minimum Gasteiger partial charge on any atom is -0.495 e. The molecule has 12 nitrogen and oxygen atoms in total. The molecule has 3 rings (SSSR count). The highest BCUT2D eigenvalue weighted by molar-refractivity contribution is 7.70. The summed E-state index contributed by atoms with van der Waals surface area (Å²) in [5.74, 6) is 5.82. The minimum absolute atomic E-state index is 0.0159. The number of nitro groups is 1. The Balaban J connectivity index is 1.99. The van der Waals surface area contributed by atoms with Crippen molar-refractivity contribution in [1.29, 1.82) is 0 Å². The van der Waals surface area contributed by atoms with Crippen LogP contribution in [0.15, 0.2) is 42.6 Å². The molecular weight excluding hydrogens is 547 g/mol. The fraction of sp³-hybridized carbons (Fsp3) is 0.240. The average Bonchev–Trinajstić information content (AvgIpc) is 2.83. The van der Waals surface area contributed by atoms with Gasteiger partial charge in [0.2, 0.25) is 5.95 Å². The lowest BCUT2D eigenvalue weighted by molar-refractivity contribution is -0.385. The summed E-state index contributed by atoms with van der Waals surface area (Å²) in [7, 11) is -1.24. The number of rotatable bonds is 8. The molecule has 2 aromatic carbocycles. The van der Waals surface area contributed by atoms with Crippen molar-refractivity contribution in [3.8, 4) is 17.6 Å². The van der Waals surface area contributed by atoms with Gasteiger partial charge in [-0.05, 0) is 39.3 Å². The molecular formula is C25H26ClN6O6P. The Hall–Kier alpha value is -4.33. The van der Waals surface area contributed by atoms with Crippen LogP contribution in [-0.4, -0.2) is 52.1 Å². The molecule has 0 aliphatic carbocycles. The number of ether oxygens (including phenoxy) is 1. The van der Waals surface area contributed by atoms with Crippen LogP contribution in [-0.2, 0) is 4.57 Å². The van der Waals surface area contributed by atoms with Gasteiger partial charge in [0.25, 0.3) is 5.69 Å². The van der Waals surface area contributed by atoms with Crippen LogP contribution in [0, 0.1) is 22.0 Å². The third-order valence-electron chi connectivity index (χ3n) is 5.17. The number of benzene rings is 2. The van der Waals surface area contributed by atoms with E-state index in [1.54, 1.807) is 37.6 Å². The first-order valence-corrected chi connectivity index (χ1v) is 14.3. The van der Waals surface area contributed by atoms with E-state index in [-0.39, 0.29) is 39.5 Å². The number of hydrogen-bond acceptors (Lipinski definition) is 9. The second-order valence-corrected chi connectivity index (χ2v) is 12.7. The molecule has 0 unspecified atom stereocenters. The number of nitrogens with zero attached hydrogens (tertiary/aromatic N) is 3. The van der Waals surface area contributed by atoms with E-state index < -0.39 is 23.7 Å². The maximum atomic E-state index is 12.7. The lowest BCUT2D eigenvalue weighted by atomic mass is 10.0. The maximum absolute atomic E-state index is 12.7. The van der Waals surface area contributed by atoms with E-state index >= 15 is 0 Å². The number of carbonyl (C=O) groups is 1. The normalized spacial score (nSPS) is 11.1. The summed E-state index contributed by atoms with van der Waals surface area (Å²) in [6.07, 6.45) is 0.0667. The molecule has 0 aliphatic rings. The van der Waals surface area contributed by atoms with Gasteiger partial charge in [-0.3, -0.25) is 10.1 Å². The van der Waals surface area contributed by atoms with Gasteiger partial charge in [-0.2, -0.15) is 4.98 Å². The molecule has 14 heteroatoms. The van der Waals surface area contributed by atoms with E-state index in [0.29, 0.717) is 11.0 Å². The molecule has 0 spiro atoms. The van der Waals surface area contributed by atoms with Gasteiger partial charge < -0.3 is 30.4 Å². The molecule has 0 saturated heterocycles. The molecule has 204 valence electrons. The number of nitrogens with one attached hydrogen (secondary N) is 3. The van der Waals surface area contributed by atoms with Crippen LogP contribution >= 0.6 is 18.7 Å². The van der Waals surface area contributed by atoms with Crippen molar-refractivity contribution >= 4 is 59.0 Å². The first kappa shape index (κ1) is 29.2. The molecule has 3 aromatic rings. The van der Waals surface area contributed by atoms with Gasteiger partial charge in [-0.15, -0.1) is 0 Å². The Bertz CT molecular complexity index is 1550. The number of para-hydroxylation sites is 1. The van der Waals surface area contributed by atoms with Gasteiger partial charge in [0.15, 0.2) is 5.82 Å². The first-order chi connectivity index (χ1) is 18.2. The lowest BCUT2D eigenvalue weighted by Crippen LogP contribution is -2.41. The van der Waals surface area contributed by atoms with Crippen LogP contribution in [0.2, 0.25) is 5.02 Å². The fourth-order valence-corrected chi connectivity index (χ4v) is 4.71. The zero-order chi connectivity index (χ0) is 29.0. The molecule has 0 atom stereocenters. The number of methoxy groups -OCH3 is 1. The third-order valence-corrected chi connectivity index (χ3v) is 7.00. The largest absolute Gasteiger partial charge is 0.495 e. The van der Waals surface area contributed by atoms with Crippen LogP contribution in [0.3, 0.4) is 0 Å². The number of hydrogen-bond donors (Lipinski definition) is 4. The molecule has 0 fully saturated rings. The van der Waals surface area contributed by atoms with E-state index in [0.717, 1.165) is 0 Å². The van der Waals surface area contributed by atoms with Crippen LogP contribution in [0.5, 0.6) is 5.75 Å². The Kier molecular flexibility index (Phi) is 8.69. The monoisotopic (exact) mass is 572 g/mol. The van der Waals surface area contributed by atoms with Gasteiger partial charge >= 0.3 is 6.09 Å². The van der Waals surface area contributed by atoms with Crippen LogP contribution in [0.1, 0.15) is 19.4 Å². The lowest BCUT2D eigenvalue weighted by Gasteiger charge is -2.17. The number of amides is 1. The highest BCUT2D eigenvalue weighted by Gasteiger charge is 2.22. The van der Waals surface area contributed by atoms with E-state index in [1.165, 1.54) is 39.3 Å². The summed E-state index contributed by atoms with van der Waals surface area (Å²) < 4.78 is 18.1. The zero-order valence-corrected chi connectivity index (χ0v) is 23.3. The van der Waals surface area contributed by atoms with E-state index in [4.69, 9.17) is 21.4 Å². The Labute approximate surface area is 229 Å². The zero-order valence-electron chi connectivity index (χ0n) is 21.7. The highest BCUT2D eigenvalue weighted by atomic mass is 35.5. The second kappa shape index (κ2) is 11.6. The number of anilines is 4. The Morgan fingerprint density at radius 2 is 1.90 bits per heavy atom. The predicted octanol–water partition coefficient (Wildman–Crippen LogP) is 5.18.